The topological polar surface area (TPSA) is 58.4 Å². The van der Waals surface area contributed by atoms with E-state index in [1.165, 1.54) is 0 Å². The molecule has 0 radical (unpaired) electrons. The van der Waals surface area contributed by atoms with Gasteiger partial charge in [-0.2, -0.15) is 0 Å². The van der Waals surface area contributed by atoms with E-state index in [0.717, 1.165) is 39.2 Å². The number of benzene rings is 3. The third-order valence-electron chi connectivity index (χ3n) is 6.61. The summed E-state index contributed by atoms with van der Waals surface area (Å²) in [5.74, 6) is -0.389. The van der Waals surface area contributed by atoms with Gasteiger partial charge in [0.05, 0.1) is 17.0 Å². The summed E-state index contributed by atoms with van der Waals surface area (Å²) in [4.78, 5) is 18.2. The van der Waals surface area contributed by atoms with Gasteiger partial charge >= 0.3 is 5.63 Å². The molecule has 0 saturated heterocycles. The van der Waals surface area contributed by atoms with E-state index in [9.17, 15) is 4.79 Å². The molecule has 1 N–H and O–H groups in total. The normalized spacial score (nSPS) is 18.7. The number of hydrogen-bond acceptors (Lipinski definition) is 3. The monoisotopic (exact) mass is 474 g/mol. The number of nitrogens with one attached hydrogen (secondary N) is 1. The highest BCUT2D eigenvalue weighted by molar-refractivity contribution is 6.20. The molecule has 0 amide bonds. The lowest BCUT2D eigenvalue weighted by Crippen LogP contribution is -2.22. The van der Waals surface area contributed by atoms with E-state index in [1.54, 1.807) is 0 Å². The van der Waals surface area contributed by atoms with E-state index in [2.05, 4.69) is 79.7 Å². The zero-order valence-corrected chi connectivity index (χ0v) is 20.8. The number of aromatic nitrogens is 1. The Bertz CT molecular complexity index is 1470. The van der Waals surface area contributed by atoms with Gasteiger partial charge in [-0.15, -0.1) is 0 Å². The predicted molar refractivity (Wildman–Crippen MR) is 147 cm³/mol. The first-order valence-corrected chi connectivity index (χ1v) is 12.4. The van der Waals surface area contributed by atoms with E-state index in [-0.39, 0.29) is 23.5 Å². The summed E-state index contributed by atoms with van der Waals surface area (Å²) in [6.07, 6.45) is 4.42. The number of aliphatic imine (C=N–C) groups is 1. The van der Waals surface area contributed by atoms with E-state index >= 15 is 0 Å². The molecule has 4 aromatic rings. The van der Waals surface area contributed by atoms with Crippen LogP contribution in [0.1, 0.15) is 47.7 Å². The van der Waals surface area contributed by atoms with Crippen LogP contribution in [-0.2, 0) is 0 Å². The van der Waals surface area contributed by atoms with Crippen LogP contribution in [0, 0.1) is 12.8 Å². The molecular formula is C32H30N2O2. The maximum atomic E-state index is 13.1. The van der Waals surface area contributed by atoms with Crippen LogP contribution in [0.4, 0.5) is 0 Å². The summed E-state index contributed by atoms with van der Waals surface area (Å²) in [5.41, 5.74) is 7.54. The minimum absolute atomic E-state index is 0.125. The highest BCUT2D eigenvalue weighted by Crippen LogP contribution is 2.48. The zero-order valence-electron chi connectivity index (χ0n) is 20.8. The van der Waals surface area contributed by atoms with Crippen molar-refractivity contribution in [3.63, 3.8) is 0 Å². The van der Waals surface area contributed by atoms with Crippen molar-refractivity contribution in [3.8, 4) is 0 Å². The standard InChI is InChI=1S/C32H30N2O2/c1-21(2)33-28-20-26(24-15-9-5-10-16-24)31(27(28)19-23-13-7-4-8-14-23)30(25-17-11-6-12-18-25)29-22(3)34-36-32(29)35/h4-21,30-31,34H,1-3H3/t30-,31-/m1/s1. The van der Waals surface area contributed by atoms with Crippen molar-refractivity contribution in [1.29, 1.82) is 0 Å². The summed E-state index contributed by atoms with van der Waals surface area (Å²) >= 11 is 0. The van der Waals surface area contributed by atoms with Gasteiger partial charge in [-0.05, 0) is 60.8 Å². The van der Waals surface area contributed by atoms with Gasteiger partial charge in [-0.25, -0.2) is 9.95 Å². The number of rotatable bonds is 6. The van der Waals surface area contributed by atoms with Crippen molar-refractivity contribution in [2.24, 2.45) is 10.9 Å². The fraction of sp³-hybridized carbons (Fsp3) is 0.188. The maximum absolute atomic E-state index is 13.1. The van der Waals surface area contributed by atoms with Gasteiger partial charge in [0.25, 0.3) is 0 Å². The molecule has 1 aliphatic rings. The van der Waals surface area contributed by atoms with Gasteiger partial charge in [0, 0.05) is 17.9 Å². The number of aromatic amines is 1. The van der Waals surface area contributed by atoms with E-state index in [4.69, 9.17) is 9.52 Å². The molecule has 1 heterocycles. The third kappa shape index (κ3) is 4.67. The Morgan fingerprint density at radius 2 is 1.50 bits per heavy atom. The largest absolute Gasteiger partial charge is 0.361 e. The number of nitrogens with zero attached hydrogens (tertiary/aromatic N) is 1. The highest BCUT2D eigenvalue weighted by Gasteiger charge is 2.40. The molecule has 0 saturated carbocycles. The van der Waals surface area contributed by atoms with Crippen LogP contribution >= 0.6 is 0 Å². The molecule has 180 valence electrons. The van der Waals surface area contributed by atoms with Crippen molar-refractivity contribution >= 4 is 17.4 Å². The second kappa shape index (κ2) is 10.2. The van der Waals surface area contributed by atoms with Crippen LogP contribution in [-0.4, -0.2) is 16.9 Å². The Hall–Kier alpha value is -4.18. The first-order chi connectivity index (χ1) is 17.5. The average molecular weight is 475 g/mol. The molecule has 36 heavy (non-hydrogen) atoms. The highest BCUT2D eigenvalue weighted by atomic mass is 16.5. The van der Waals surface area contributed by atoms with Gasteiger partial charge < -0.3 is 4.52 Å². The van der Waals surface area contributed by atoms with E-state index < -0.39 is 0 Å². The minimum Gasteiger partial charge on any atom is -0.339 e. The van der Waals surface area contributed by atoms with Crippen molar-refractivity contribution in [1.82, 2.24) is 5.16 Å². The van der Waals surface area contributed by atoms with Crippen molar-refractivity contribution in [2.45, 2.75) is 32.7 Å². The van der Waals surface area contributed by atoms with Gasteiger partial charge in [-0.1, -0.05) is 91.0 Å². The van der Waals surface area contributed by atoms with Crippen molar-refractivity contribution in [3.05, 3.63) is 141 Å². The predicted octanol–water partition coefficient (Wildman–Crippen LogP) is 7.05. The fourth-order valence-electron chi connectivity index (χ4n) is 5.11. The molecule has 1 aromatic heterocycles. The van der Waals surface area contributed by atoms with Crippen LogP contribution in [0.15, 0.2) is 117 Å². The Kier molecular flexibility index (Phi) is 6.68. The SMILES string of the molecule is Cc1[nH]oc(=O)c1[C@@H](c1ccccc1)[C@H]1C(=Cc2ccccc2)C(=NC(C)C)C=C1c1ccccc1. The second-order valence-electron chi connectivity index (χ2n) is 9.48. The van der Waals surface area contributed by atoms with Gasteiger partial charge in [0.15, 0.2) is 0 Å². The second-order valence-corrected chi connectivity index (χ2v) is 9.48. The first kappa shape index (κ1) is 23.6. The fourth-order valence-corrected chi connectivity index (χ4v) is 5.11. The van der Waals surface area contributed by atoms with Crippen LogP contribution < -0.4 is 5.63 Å². The lowest BCUT2D eigenvalue weighted by Gasteiger charge is -2.28. The third-order valence-corrected chi connectivity index (χ3v) is 6.61. The van der Waals surface area contributed by atoms with E-state index in [1.807, 2.05) is 49.4 Å². The Balaban J connectivity index is 1.82. The number of aryl methyl sites for hydroxylation is 1. The molecule has 0 aliphatic heterocycles. The molecule has 3 aromatic carbocycles. The van der Waals surface area contributed by atoms with E-state index in [0.29, 0.717) is 5.56 Å². The molecule has 1 aliphatic carbocycles. The summed E-state index contributed by atoms with van der Waals surface area (Å²) in [6.45, 7) is 6.09. The molecule has 4 heteroatoms. The minimum atomic E-state index is -0.331. The molecule has 0 unspecified atom stereocenters. The molecular weight excluding hydrogens is 444 g/mol. The van der Waals surface area contributed by atoms with Crippen LogP contribution in [0.2, 0.25) is 0 Å². The first-order valence-electron chi connectivity index (χ1n) is 12.4. The van der Waals surface area contributed by atoms with Crippen LogP contribution in [0.5, 0.6) is 0 Å². The maximum Gasteiger partial charge on any atom is 0.361 e. The molecule has 2 atom stereocenters. The van der Waals surface area contributed by atoms with Crippen molar-refractivity contribution < 1.29 is 4.52 Å². The summed E-state index contributed by atoms with van der Waals surface area (Å²) in [6, 6.07) is 31.1. The smallest absolute Gasteiger partial charge is 0.339 e. The quantitative estimate of drug-likeness (QED) is 0.325. The Morgan fingerprint density at radius 3 is 2.08 bits per heavy atom. The van der Waals surface area contributed by atoms with Gasteiger partial charge in [0.1, 0.15) is 0 Å². The Labute approximate surface area is 211 Å². The molecule has 5 rings (SSSR count). The van der Waals surface area contributed by atoms with Crippen LogP contribution in [0.3, 0.4) is 0 Å². The van der Waals surface area contributed by atoms with Crippen molar-refractivity contribution in [2.75, 3.05) is 0 Å². The molecule has 4 nitrogen and oxygen atoms in total. The van der Waals surface area contributed by atoms with Gasteiger partial charge in [-0.3, -0.25) is 4.99 Å². The lowest BCUT2D eigenvalue weighted by molar-refractivity contribution is 0.385. The average Bonchev–Trinajstić information content (AvgIpc) is 3.41. The summed E-state index contributed by atoms with van der Waals surface area (Å²) in [7, 11) is 0. The zero-order chi connectivity index (χ0) is 25.1. The number of allylic oxidation sites excluding steroid dienone is 3. The summed E-state index contributed by atoms with van der Waals surface area (Å²) in [5, 5.41) is 2.82. The Morgan fingerprint density at radius 1 is 0.889 bits per heavy atom. The molecule has 0 bridgehead atoms. The summed E-state index contributed by atoms with van der Waals surface area (Å²) < 4.78 is 5.29. The molecule has 0 fully saturated rings. The van der Waals surface area contributed by atoms with Gasteiger partial charge in [0.2, 0.25) is 0 Å². The number of hydrogen-bond donors (Lipinski definition) is 1. The lowest BCUT2D eigenvalue weighted by atomic mass is 9.73. The molecule has 0 spiro atoms. The van der Waals surface area contributed by atoms with Crippen LogP contribution in [0.25, 0.3) is 11.6 Å². The number of H-pyrrole nitrogens is 1.